The highest BCUT2D eigenvalue weighted by Crippen LogP contribution is 2.14. The summed E-state index contributed by atoms with van der Waals surface area (Å²) in [6, 6.07) is 11.8. The molecule has 1 aromatic carbocycles. The minimum absolute atomic E-state index is 0.104. The van der Waals surface area contributed by atoms with E-state index in [1.54, 1.807) is 43.5 Å². The van der Waals surface area contributed by atoms with E-state index in [-0.39, 0.29) is 18.7 Å². The number of hydrogen-bond acceptors (Lipinski definition) is 6. The van der Waals surface area contributed by atoms with E-state index in [0.717, 1.165) is 0 Å². The van der Waals surface area contributed by atoms with Crippen molar-refractivity contribution in [3.8, 4) is 11.5 Å². The fraction of sp³-hybridized carbons (Fsp3) is 0.176. The molecule has 3 rings (SSSR count). The van der Waals surface area contributed by atoms with Gasteiger partial charge in [-0.15, -0.1) is 10.2 Å². The highest BCUT2D eigenvalue weighted by atomic mass is 16.5. The van der Waals surface area contributed by atoms with Gasteiger partial charge < -0.3 is 13.7 Å². The molecule has 0 saturated carbocycles. The summed E-state index contributed by atoms with van der Waals surface area (Å²) in [6.07, 6.45) is 1.60. The number of aryl methyl sites for hydroxylation is 1. The molecule has 0 bridgehead atoms. The van der Waals surface area contributed by atoms with Gasteiger partial charge in [-0.1, -0.05) is 18.2 Å². The molecule has 0 aliphatic rings. The number of carbonyl (C=O) groups is 1. The molecule has 7 nitrogen and oxygen atoms in total. The number of nitrogens with zero attached hydrogens (tertiary/aromatic N) is 3. The molecule has 7 heteroatoms. The van der Waals surface area contributed by atoms with Gasteiger partial charge in [0.25, 0.3) is 5.56 Å². The molecule has 3 aromatic rings. The highest BCUT2D eigenvalue weighted by Gasteiger charge is 2.09. The fourth-order valence-corrected chi connectivity index (χ4v) is 2.13. The second-order valence-corrected chi connectivity index (χ2v) is 5.08. The first-order valence-corrected chi connectivity index (χ1v) is 7.36. The Morgan fingerprint density at radius 3 is 2.67 bits per heavy atom. The van der Waals surface area contributed by atoms with E-state index >= 15 is 0 Å². The van der Waals surface area contributed by atoms with Crippen LogP contribution in [0.1, 0.15) is 16.2 Å². The van der Waals surface area contributed by atoms with Crippen molar-refractivity contribution in [3.63, 3.8) is 0 Å². The lowest BCUT2D eigenvalue weighted by atomic mass is 10.2. The van der Waals surface area contributed by atoms with E-state index in [1.165, 1.54) is 10.6 Å². The zero-order valence-corrected chi connectivity index (χ0v) is 13.0. The molecular weight excluding hydrogens is 310 g/mol. The third-order valence-corrected chi connectivity index (χ3v) is 3.34. The Morgan fingerprint density at radius 2 is 2.00 bits per heavy atom. The number of rotatable bonds is 5. The van der Waals surface area contributed by atoms with Crippen molar-refractivity contribution < 1.29 is 13.9 Å². The Hall–Kier alpha value is -3.22. The average molecular weight is 325 g/mol. The maximum Gasteiger partial charge on any atom is 0.338 e. The van der Waals surface area contributed by atoms with Gasteiger partial charge in [0.2, 0.25) is 11.8 Å². The number of hydrogen-bond donors (Lipinski definition) is 0. The minimum atomic E-state index is -0.415. The summed E-state index contributed by atoms with van der Waals surface area (Å²) in [4.78, 5) is 23.9. The predicted molar refractivity (Wildman–Crippen MR) is 85.5 cm³/mol. The molecular formula is C17H15N3O4. The van der Waals surface area contributed by atoms with Gasteiger partial charge in [0.05, 0.1) is 12.1 Å². The van der Waals surface area contributed by atoms with Crippen LogP contribution in [0.2, 0.25) is 0 Å². The zero-order chi connectivity index (χ0) is 16.9. The monoisotopic (exact) mass is 325 g/mol. The van der Waals surface area contributed by atoms with E-state index in [2.05, 4.69) is 10.2 Å². The lowest BCUT2D eigenvalue weighted by molar-refractivity contribution is 0.0490. The van der Waals surface area contributed by atoms with Gasteiger partial charge in [-0.3, -0.25) is 4.79 Å². The van der Waals surface area contributed by atoms with Crippen LogP contribution >= 0.6 is 0 Å². The van der Waals surface area contributed by atoms with Crippen molar-refractivity contribution in [3.05, 3.63) is 70.5 Å². The Bertz CT molecular complexity index is 899. The van der Waals surface area contributed by atoms with Gasteiger partial charge in [-0.2, -0.15) is 0 Å². The van der Waals surface area contributed by atoms with E-state index in [0.29, 0.717) is 22.9 Å². The molecule has 0 fully saturated rings. The first-order chi connectivity index (χ1) is 11.6. The standard InChI is InChI=1S/C17H15N3O4/c1-12-18-19-16(24-12)14-7-8-20(15(21)11-14)9-10-23-17(22)13-5-3-2-4-6-13/h2-8,11H,9-10H2,1H3. The second kappa shape index (κ2) is 6.91. The molecule has 24 heavy (non-hydrogen) atoms. The van der Waals surface area contributed by atoms with Crippen LogP contribution in [-0.4, -0.2) is 27.3 Å². The topological polar surface area (TPSA) is 87.2 Å². The lowest BCUT2D eigenvalue weighted by Gasteiger charge is -2.07. The van der Waals surface area contributed by atoms with E-state index in [1.807, 2.05) is 6.07 Å². The van der Waals surface area contributed by atoms with Crippen LogP contribution in [0.4, 0.5) is 0 Å². The zero-order valence-electron chi connectivity index (χ0n) is 13.0. The second-order valence-electron chi connectivity index (χ2n) is 5.08. The van der Waals surface area contributed by atoms with Crippen LogP contribution in [0.25, 0.3) is 11.5 Å². The Labute approximate surface area is 137 Å². The first kappa shape index (κ1) is 15.7. The molecule has 0 spiro atoms. The van der Waals surface area contributed by atoms with Gasteiger partial charge in [0.1, 0.15) is 6.61 Å². The van der Waals surface area contributed by atoms with Crippen molar-refractivity contribution in [2.75, 3.05) is 6.61 Å². The highest BCUT2D eigenvalue weighted by molar-refractivity contribution is 5.89. The summed E-state index contributed by atoms with van der Waals surface area (Å²) in [5, 5.41) is 7.60. The summed E-state index contributed by atoms with van der Waals surface area (Å²) in [5.41, 5.74) is 0.796. The Morgan fingerprint density at radius 1 is 1.21 bits per heavy atom. The van der Waals surface area contributed by atoms with Gasteiger partial charge in [-0.05, 0) is 18.2 Å². The molecule has 0 aliphatic heterocycles. The molecule has 122 valence electrons. The summed E-state index contributed by atoms with van der Waals surface area (Å²) < 4.78 is 11.9. The molecule has 0 atom stereocenters. The maximum atomic E-state index is 12.1. The largest absolute Gasteiger partial charge is 0.460 e. The third-order valence-electron chi connectivity index (χ3n) is 3.34. The van der Waals surface area contributed by atoms with Crippen molar-refractivity contribution in [2.45, 2.75) is 13.5 Å². The quantitative estimate of drug-likeness (QED) is 0.667. The molecule has 0 amide bonds. The SMILES string of the molecule is Cc1nnc(-c2ccn(CCOC(=O)c3ccccc3)c(=O)c2)o1. The smallest absolute Gasteiger partial charge is 0.338 e. The Balaban J connectivity index is 1.62. The van der Waals surface area contributed by atoms with Crippen molar-refractivity contribution in [1.82, 2.24) is 14.8 Å². The van der Waals surface area contributed by atoms with Gasteiger partial charge in [-0.25, -0.2) is 4.79 Å². The lowest BCUT2D eigenvalue weighted by Crippen LogP contribution is -2.22. The van der Waals surface area contributed by atoms with Crippen molar-refractivity contribution in [2.24, 2.45) is 0 Å². The molecule has 0 unspecified atom stereocenters. The van der Waals surface area contributed by atoms with Crippen LogP contribution in [-0.2, 0) is 11.3 Å². The molecule has 2 heterocycles. The van der Waals surface area contributed by atoms with Gasteiger partial charge >= 0.3 is 5.97 Å². The maximum absolute atomic E-state index is 12.1. The summed E-state index contributed by atoms with van der Waals surface area (Å²) in [6.45, 7) is 2.05. The van der Waals surface area contributed by atoms with Crippen LogP contribution in [0, 0.1) is 6.92 Å². The van der Waals surface area contributed by atoms with E-state index < -0.39 is 5.97 Å². The number of ether oxygens (including phenoxy) is 1. The van der Waals surface area contributed by atoms with Crippen molar-refractivity contribution >= 4 is 5.97 Å². The first-order valence-electron chi connectivity index (χ1n) is 7.36. The van der Waals surface area contributed by atoms with E-state index in [4.69, 9.17) is 9.15 Å². The number of aromatic nitrogens is 3. The number of benzene rings is 1. The Kier molecular flexibility index (Phi) is 4.51. The summed E-state index contributed by atoms with van der Waals surface area (Å²) in [5.74, 6) is 0.316. The molecule has 2 aromatic heterocycles. The van der Waals surface area contributed by atoms with E-state index in [9.17, 15) is 9.59 Å². The van der Waals surface area contributed by atoms with Gasteiger partial charge in [0.15, 0.2) is 0 Å². The number of carbonyl (C=O) groups excluding carboxylic acids is 1. The van der Waals surface area contributed by atoms with Crippen molar-refractivity contribution in [1.29, 1.82) is 0 Å². The minimum Gasteiger partial charge on any atom is -0.460 e. The summed E-state index contributed by atoms with van der Waals surface area (Å²) >= 11 is 0. The van der Waals surface area contributed by atoms with Crippen LogP contribution in [0.3, 0.4) is 0 Å². The van der Waals surface area contributed by atoms with Gasteiger partial charge in [0, 0.05) is 24.8 Å². The molecule has 0 N–H and O–H groups in total. The molecule has 0 aliphatic carbocycles. The molecule has 0 radical (unpaired) electrons. The average Bonchev–Trinajstić information content (AvgIpc) is 3.03. The van der Waals surface area contributed by atoms with Crippen LogP contribution < -0.4 is 5.56 Å². The summed E-state index contributed by atoms with van der Waals surface area (Å²) in [7, 11) is 0. The predicted octanol–water partition coefficient (Wildman–Crippen LogP) is 2.06. The third kappa shape index (κ3) is 3.57. The normalized spacial score (nSPS) is 10.5. The van der Waals surface area contributed by atoms with Crippen LogP contribution in [0.15, 0.2) is 57.9 Å². The van der Waals surface area contributed by atoms with Crippen LogP contribution in [0.5, 0.6) is 0 Å². The number of esters is 1. The number of pyridine rings is 1. The fourth-order valence-electron chi connectivity index (χ4n) is 2.13. The molecule has 0 saturated heterocycles.